The Hall–Kier alpha value is -2.15. The van der Waals surface area contributed by atoms with E-state index in [0.29, 0.717) is 5.69 Å². The lowest BCUT2D eigenvalue weighted by atomic mass is 10.1. The Bertz CT molecular complexity index is 732. The number of H-pyrrole nitrogens is 1. The van der Waals surface area contributed by atoms with Gasteiger partial charge in [-0.25, -0.2) is 8.42 Å². The van der Waals surface area contributed by atoms with Gasteiger partial charge in [-0.3, -0.25) is 9.89 Å². The molecule has 1 heterocycles. The third kappa shape index (κ3) is 3.13. The molecule has 0 spiro atoms. The first-order valence-corrected chi connectivity index (χ1v) is 8.22. The van der Waals surface area contributed by atoms with E-state index in [4.69, 9.17) is 0 Å². The lowest BCUT2D eigenvalue weighted by Crippen LogP contribution is -2.43. The van der Waals surface area contributed by atoms with E-state index in [9.17, 15) is 13.2 Å². The average molecular weight is 307 g/mol. The van der Waals surface area contributed by atoms with Crippen molar-refractivity contribution in [1.29, 1.82) is 0 Å². The fourth-order valence-electron chi connectivity index (χ4n) is 1.60. The molecule has 7 heteroatoms. The SMILES string of the molecule is CC(C)(C(=O)Nc1ccc(-c2ccn[nH]2)cc1)S(C)(=O)=O. The van der Waals surface area contributed by atoms with Crippen LogP contribution in [0.2, 0.25) is 0 Å². The number of nitrogens with one attached hydrogen (secondary N) is 2. The second-order valence-electron chi connectivity index (χ2n) is 5.28. The number of aromatic nitrogens is 2. The van der Waals surface area contributed by atoms with Gasteiger partial charge in [0.05, 0.1) is 5.69 Å². The molecule has 0 radical (unpaired) electrons. The summed E-state index contributed by atoms with van der Waals surface area (Å²) >= 11 is 0. The Morgan fingerprint density at radius 1 is 1.19 bits per heavy atom. The minimum atomic E-state index is -3.49. The fraction of sp³-hybridized carbons (Fsp3) is 0.286. The molecule has 0 aliphatic carbocycles. The first kappa shape index (κ1) is 15.2. The Morgan fingerprint density at radius 3 is 2.29 bits per heavy atom. The van der Waals surface area contributed by atoms with Crippen molar-refractivity contribution < 1.29 is 13.2 Å². The maximum Gasteiger partial charge on any atom is 0.245 e. The molecule has 21 heavy (non-hydrogen) atoms. The molecule has 6 nitrogen and oxygen atoms in total. The molecule has 2 N–H and O–H groups in total. The number of anilines is 1. The zero-order valence-corrected chi connectivity index (χ0v) is 12.9. The lowest BCUT2D eigenvalue weighted by molar-refractivity contribution is -0.117. The minimum Gasteiger partial charge on any atom is -0.325 e. The van der Waals surface area contributed by atoms with Crippen LogP contribution in [-0.2, 0) is 14.6 Å². The van der Waals surface area contributed by atoms with Crippen molar-refractivity contribution in [2.75, 3.05) is 11.6 Å². The van der Waals surface area contributed by atoms with Crippen LogP contribution in [0.4, 0.5) is 5.69 Å². The molecule has 2 aromatic rings. The van der Waals surface area contributed by atoms with Crippen molar-refractivity contribution in [3.8, 4) is 11.3 Å². The first-order chi connectivity index (χ1) is 9.72. The Kier molecular flexibility index (Phi) is 3.87. The summed E-state index contributed by atoms with van der Waals surface area (Å²) in [7, 11) is -3.49. The van der Waals surface area contributed by atoms with Gasteiger partial charge >= 0.3 is 0 Å². The third-order valence-corrected chi connectivity index (χ3v) is 5.47. The molecule has 1 aromatic carbocycles. The number of carbonyl (C=O) groups is 1. The predicted octanol–water partition coefficient (Wildman–Crippen LogP) is 1.84. The van der Waals surface area contributed by atoms with Crippen LogP contribution >= 0.6 is 0 Å². The smallest absolute Gasteiger partial charge is 0.245 e. The first-order valence-electron chi connectivity index (χ1n) is 6.33. The van der Waals surface area contributed by atoms with Crippen molar-refractivity contribution in [3.05, 3.63) is 36.5 Å². The van der Waals surface area contributed by atoms with E-state index >= 15 is 0 Å². The van der Waals surface area contributed by atoms with E-state index < -0.39 is 20.5 Å². The summed E-state index contributed by atoms with van der Waals surface area (Å²) in [5, 5.41) is 9.33. The summed E-state index contributed by atoms with van der Waals surface area (Å²) in [5.41, 5.74) is 2.33. The highest BCUT2D eigenvalue weighted by atomic mass is 32.2. The molecule has 0 atom stereocenters. The summed E-state index contributed by atoms with van der Waals surface area (Å²) in [6, 6.07) is 8.90. The maximum absolute atomic E-state index is 12.1. The van der Waals surface area contributed by atoms with Crippen molar-refractivity contribution in [3.63, 3.8) is 0 Å². The van der Waals surface area contributed by atoms with Crippen molar-refractivity contribution >= 4 is 21.4 Å². The second kappa shape index (κ2) is 5.33. The topological polar surface area (TPSA) is 91.9 Å². The number of hydrogen-bond acceptors (Lipinski definition) is 4. The van der Waals surface area contributed by atoms with Crippen molar-refractivity contribution in [1.82, 2.24) is 10.2 Å². The van der Waals surface area contributed by atoms with Gasteiger partial charge in [0.1, 0.15) is 4.75 Å². The van der Waals surface area contributed by atoms with Gasteiger partial charge < -0.3 is 5.32 Å². The zero-order valence-electron chi connectivity index (χ0n) is 12.0. The maximum atomic E-state index is 12.1. The standard InChI is InChI=1S/C14H17N3O3S/c1-14(2,21(3,19)20)13(18)16-11-6-4-10(5-7-11)12-8-9-15-17-12/h4-9H,1-3H3,(H,15,17)(H,16,18). The highest BCUT2D eigenvalue weighted by molar-refractivity contribution is 7.92. The molecule has 0 saturated heterocycles. The zero-order chi connectivity index (χ0) is 15.7. The molecule has 1 aromatic heterocycles. The summed E-state index contributed by atoms with van der Waals surface area (Å²) in [6.45, 7) is 2.77. The second-order valence-corrected chi connectivity index (χ2v) is 7.85. The number of amides is 1. The third-order valence-electron chi connectivity index (χ3n) is 3.43. The largest absolute Gasteiger partial charge is 0.325 e. The summed E-state index contributed by atoms with van der Waals surface area (Å²) in [5.74, 6) is -0.556. The van der Waals surface area contributed by atoms with Crippen LogP contribution in [0.25, 0.3) is 11.3 Å². The number of rotatable bonds is 4. The van der Waals surface area contributed by atoms with E-state index in [0.717, 1.165) is 17.5 Å². The number of sulfone groups is 1. The van der Waals surface area contributed by atoms with Gasteiger partial charge in [-0.15, -0.1) is 0 Å². The lowest BCUT2D eigenvalue weighted by Gasteiger charge is -2.21. The number of aromatic amines is 1. The molecular weight excluding hydrogens is 290 g/mol. The molecule has 112 valence electrons. The summed E-state index contributed by atoms with van der Waals surface area (Å²) in [6.07, 6.45) is 2.70. The number of hydrogen-bond donors (Lipinski definition) is 2. The number of nitrogens with zero attached hydrogens (tertiary/aromatic N) is 1. The van der Waals surface area contributed by atoms with Gasteiger partial charge in [-0.1, -0.05) is 12.1 Å². The Morgan fingerprint density at radius 2 is 1.81 bits per heavy atom. The van der Waals surface area contributed by atoms with Gasteiger partial charge in [-0.2, -0.15) is 5.10 Å². The molecule has 1 amide bonds. The molecular formula is C14H17N3O3S. The molecule has 0 saturated carbocycles. The normalized spacial score (nSPS) is 12.1. The van der Waals surface area contributed by atoms with Crippen molar-refractivity contribution in [2.24, 2.45) is 0 Å². The monoisotopic (exact) mass is 307 g/mol. The van der Waals surface area contributed by atoms with Crippen LogP contribution in [0.5, 0.6) is 0 Å². The average Bonchev–Trinajstić information content (AvgIpc) is 2.92. The van der Waals surface area contributed by atoms with Crippen LogP contribution in [0.3, 0.4) is 0 Å². The minimum absolute atomic E-state index is 0.542. The predicted molar refractivity (Wildman–Crippen MR) is 81.6 cm³/mol. The number of carbonyl (C=O) groups excluding carboxylic acids is 1. The molecule has 0 bridgehead atoms. The van der Waals surface area contributed by atoms with E-state index in [1.807, 2.05) is 18.2 Å². The Labute approximate surface area is 123 Å². The Balaban J connectivity index is 2.16. The van der Waals surface area contributed by atoms with Gasteiger partial charge in [0.2, 0.25) is 5.91 Å². The van der Waals surface area contributed by atoms with E-state index in [2.05, 4.69) is 15.5 Å². The van der Waals surface area contributed by atoms with Crippen LogP contribution < -0.4 is 5.32 Å². The molecule has 0 unspecified atom stereocenters. The quantitative estimate of drug-likeness (QED) is 0.901. The highest BCUT2D eigenvalue weighted by Crippen LogP contribution is 2.21. The van der Waals surface area contributed by atoms with E-state index in [1.54, 1.807) is 18.3 Å². The van der Waals surface area contributed by atoms with Crippen LogP contribution in [0.1, 0.15) is 13.8 Å². The molecule has 0 aliphatic rings. The number of benzene rings is 1. The molecule has 2 rings (SSSR count). The molecule has 0 aliphatic heterocycles. The van der Waals surface area contributed by atoms with Crippen molar-refractivity contribution in [2.45, 2.75) is 18.6 Å². The van der Waals surface area contributed by atoms with Gasteiger partial charge in [0, 0.05) is 18.1 Å². The van der Waals surface area contributed by atoms with Crippen LogP contribution in [0.15, 0.2) is 36.5 Å². The van der Waals surface area contributed by atoms with E-state index in [-0.39, 0.29) is 0 Å². The van der Waals surface area contributed by atoms with Crippen LogP contribution in [0, 0.1) is 0 Å². The fourth-order valence-corrected chi connectivity index (χ4v) is 1.99. The van der Waals surface area contributed by atoms with Gasteiger partial charge in [-0.05, 0) is 37.6 Å². The highest BCUT2D eigenvalue weighted by Gasteiger charge is 2.38. The summed E-state index contributed by atoms with van der Waals surface area (Å²) < 4.78 is 21.8. The van der Waals surface area contributed by atoms with E-state index in [1.165, 1.54) is 13.8 Å². The summed E-state index contributed by atoms with van der Waals surface area (Å²) in [4.78, 5) is 12.1. The molecule has 0 fully saturated rings. The van der Waals surface area contributed by atoms with Gasteiger partial charge in [0.25, 0.3) is 0 Å². The van der Waals surface area contributed by atoms with Gasteiger partial charge in [0.15, 0.2) is 9.84 Å². The van der Waals surface area contributed by atoms with Crippen LogP contribution in [-0.4, -0.2) is 35.5 Å².